The van der Waals surface area contributed by atoms with Crippen LogP contribution >= 0.6 is 0 Å². The van der Waals surface area contributed by atoms with Gasteiger partial charge in [0.1, 0.15) is 5.75 Å². The van der Waals surface area contributed by atoms with Crippen LogP contribution in [0, 0.1) is 0 Å². The van der Waals surface area contributed by atoms with Crippen molar-refractivity contribution < 1.29 is 5.11 Å². The number of phenols is 1. The Morgan fingerprint density at radius 3 is 2.32 bits per heavy atom. The third-order valence-corrected chi connectivity index (χ3v) is 6.47. The number of nitrogens with zero attached hydrogens (tertiary/aromatic N) is 3. The summed E-state index contributed by atoms with van der Waals surface area (Å²) in [5, 5.41) is 15.8. The number of fused-ring (bicyclic) bond motifs is 3. The van der Waals surface area contributed by atoms with E-state index < -0.39 is 0 Å². The van der Waals surface area contributed by atoms with Crippen molar-refractivity contribution in [2.45, 2.75) is 12.5 Å². The van der Waals surface area contributed by atoms with E-state index in [1.807, 2.05) is 26.2 Å². The van der Waals surface area contributed by atoms with E-state index in [0.29, 0.717) is 0 Å². The molecular formula is C27H27N3O. The first-order valence-electron chi connectivity index (χ1n) is 10.5. The molecule has 0 aliphatic carbocycles. The molecule has 0 spiro atoms. The lowest BCUT2D eigenvalue weighted by atomic mass is 9.91. The fraction of sp³-hybridized carbons (Fsp3) is 0.185. The minimum absolute atomic E-state index is 0.264. The predicted molar refractivity (Wildman–Crippen MR) is 130 cm³/mol. The zero-order chi connectivity index (χ0) is 21.8. The minimum Gasteiger partial charge on any atom is -0.508 e. The molecule has 0 bridgehead atoms. The number of aromatic nitrogens is 1. The van der Waals surface area contributed by atoms with Crippen molar-refractivity contribution in [2.24, 2.45) is 0 Å². The summed E-state index contributed by atoms with van der Waals surface area (Å²) in [7, 11) is 6.22. The fourth-order valence-corrected chi connectivity index (χ4v) is 4.57. The summed E-state index contributed by atoms with van der Waals surface area (Å²) in [5.41, 5.74) is 4.37. The Bertz CT molecular complexity index is 1380. The second-order valence-corrected chi connectivity index (χ2v) is 8.62. The summed E-state index contributed by atoms with van der Waals surface area (Å²) in [4.78, 5) is 2.10. The van der Waals surface area contributed by atoms with Gasteiger partial charge in [0.25, 0.3) is 0 Å². The van der Waals surface area contributed by atoms with E-state index in [4.69, 9.17) is 0 Å². The molecule has 156 valence electrons. The van der Waals surface area contributed by atoms with Gasteiger partial charge < -0.3 is 15.0 Å². The summed E-state index contributed by atoms with van der Waals surface area (Å²) in [5.74, 6) is 0.280. The van der Waals surface area contributed by atoms with Crippen LogP contribution in [-0.4, -0.2) is 30.9 Å². The van der Waals surface area contributed by atoms with Crippen LogP contribution in [0.25, 0.3) is 23.1 Å². The lowest BCUT2D eigenvalue weighted by molar-refractivity contribution is 0.476. The highest BCUT2D eigenvalue weighted by Gasteiger charge is 2.35. The van der Waals surface area contributed by atoms with Gasteiger partial charge in [0, 0.05) is 37.4 Å². The summed E-state index contributed by atoms with van der Waals surface area (Å²) >= 11 is 0. The molecule has 4 aromatic rings. The summed E-state index contributed by atoms with van der Waals surface area (Å²) in [6.07, 6.45) is 4.55. The monoisotopic (exact) mass is 409 g/mol. The van der Waals surface area contributed by atoms with Crippen LogP contribution in [0.4, 0.5) is 5.69 Å². The summed E-state index contributed by atoms with van der Waals surface area (Å²) in [6, 6.07) is 24.8. The van der Waals surface area contributed by atoms with Gasteiger partial charge in [-0.1, -0.05) is 42.5 Å². The van der Waals surface area contributed by atoms with Crippen LogP contribution in [0.3, 0.4) is 0 Å². The van der Waals surface area contributed by atoms with Crippen LogP contribution in [0.15, 0.2) is 72.8 Å². The average molecular weight is 410 g/mol. The maximum atomic E-state index is 10.2. The molecule has 0 amide bonds. The second-order valence-electron chi connectivity index (χ2n) is 8.62. The standard InChI is InChI=1S/C27H27N3O/c1-27(20-8-6-5-7-9-20)18-26-23(16-19-10-12-21(13-11-19)28(2)3)24-17-22(31)14-15-25(24)30(26)29(27)4/h5-18,31H,1-4H3. The van der Waals surface area contributed by atoms with Gasteiger partial charge in [0.2, 0.25) is 0 Å². The maximum absolute atomic E-state index is 10.2. The van der Waals surface area contributed by atoms with Crippen molar-refractivity contribution in [2.75, 3.05) is 31.1 Å². The molecule has 1 unspecified atom stereocenters. The SMILES string of the molecule is CN(C)c1ccc(C=c2c3n(c4ccc(O)cc24)N(C)C(C)(c2ccccc2)C=3)cc1. The Balaban J connectivity index is 1.79. The second kappa shape index (κ2) is 6.95. The third-order valence-electron chi connectivity index (χ3n) is 6.47. The number of anilines is 1. The Morgan fingerprint density at radius 1 is 0.935 bits per heavy atom. The molecule has 2 heterocycles. The van der Waals surface area contributed by atoms with E-state index in [9.17, 15) is 5.11 Å². The average Bonchev–Trinajstić information content (AvgIpc) is 3.20. The van der Waals surface area contributed by atoms with E-state index in [2.05, 4.69) is 95.3 Å². The number of benzene rings is 3. The van der Waals surface area contributed by atoms with Crippen molar-refractivity contribution in [3.8, 4) is 5.75 Å². The fourth-order valence-electron chi connectivity index (χ4n) is 4.57. The van der Waals surface area contributed by atoms with Gasteiger partial charge in [0.05, 0.1) is 16.4 Å². The summed E-state index contributed by atoms with van der Waals surface area (Å²) in [6.45, 7) is 2.25. The number of aromatic hydroxyl groups is 1. The topological polar surface area (TPSA) is 31.6 Å². The van der Waals surface area contributed by atoms with Gasteiger partial charge >= 0.3 is 0 Å². The molecule has 4 nitrogen and oxygen atoms in total. The van der Waals surface area contributed by atoms with Gasteiger partial charge in [-0.15, -0.1) is 0 Å². The molecule has 0 fully saturated rings. The van der Waals surface area contributed by atoms with Crippen molar-refractivity contribution in [1.82, 2.24) is 4.68 Å². The predicted octanol–water partition coefficient (Wildman–Crippen LogP) is 3.52. The highest BCUT2D eigenvalue weighted by molar-refractivity contribution is 5.86. The van der Waals surface area contributed by atoms with E-state index in [1.54, 1.807) is 6.07 Å². The van der Waals surface area contributed by atoms with Crippen molar-refractivity contribution in [1.29, 1.82) is 0 Å². The van der Waals surface area contributed by atoms with Crippen LogP contribution in [-0.2, 0) is 5.54 Å². The molecule has 4 heteroatoms. The molecule has 3 aromatic carbocycles. The number of rotatable bonds is 3. The van der Waals surface area contributed by atoms with E-state index >= 15 is 0 Å². The van der Waals surface area contributed by atoms with E-state index in [-0.39, 0.29) is 11.3 Å². The number of hydrogen-bond donors (Lipinski definition) is 1. The molecule has 0 saturated heterocycles. The molecule has 1 atom stereocenters. The molecule has 31 heavy (non-hydrogen) atoms. The Hall–Kier alpha value is -3.66. The van der Waals surface area contributed by atoms with E-state index in [0.717, 1.165) is 27.0 Å². The van der Waals surface area contributed by atoms with Crippen molar-refractivity contribution >= 4 is 28.7 Å². The Labute approximate surface area is 182 Å². The van der Waals surface area contributed by atoms with Crippen LogP contribution < -0.4 is 20.5 Å². The lowest BCUT2D eigenvalue weighted by Gasteiger charge is -2.35. The molecule has 1 aromatic heterocycles. The molecule has 0 radical (unpaired) electrons. The van der Waals surface area contributed by atoms with Crippen molar-refractivity contribution in [3.63, 3.8) is 0 Å². The third kappa shape index (κ3) is 2.98. The largest absolute Gasteiger partial charge is 0.508 e. The molecule has 1 aliphatic heterocycles. The number of phenolic OH excluding ortho intramolecular Hbond substituents is 1. The van der Waals surface area contributed by atoms with Gasteiger partial charge in [-0.2, -0.15) is 0 Å². The molecule has 0 saturated carbocycles. The highest BCUT2D eigenvalue weighted by atomic mass is 16.3. The molecule has 1 aliphatic rings. The number of hydrogen-bond acceptors (Lipinski definition) is 3. The molecular weight excluding hydrogens is 382 g/mol. The Morgan fingerprint density at radius 2 is 1.65 bits per heavy atom. The maximum Gasteiger partial charge on any atom is 0.116 e. The lowest BCUT2D eigenvalue weighted by Crippen LogP contribution is -2.44. The zero-order valence-corrected chi connectivity index (χ0v) is 18.4. The van der Waals surface area contributed by atoms with Gasteiger partial charge in [-0.25, -0.2) is 0 Å². The van der Waals surface area contributed by atoms with E-state index in [1.165, 1.54) is 11.3 Å². The first kappa shape index (κ1) is 19.3. The molecule has 5 rings (SSSR count). The summed E-state index contributed by atoms with van der Waals surface area (Å²) < 4.78 is 2.27. The van der Waals surface area contributed by atoms with Gasteiger partial charge in [-0.05, 0) is 60.5 Å². The van der Waals surface area contributed by atoms with Gasteiger partial charge in [0.15, 0.2) is 0 Å². The zero-order valence-electron chi connectivity index (χ0n) is 18.4. The molecule has 1 N–H and O–H groups in total. The van der Waals surface area contributed by atoms with Crippen molar-refractivity contribution in [3.05, 3.63) is 94.5 Å². The van der Waals surface area contributed by atoms with Gasteiger partial charge in [-0.3, -0.25) is 4.68 Å². The highest BCUT2D eigenvalue weighted by Crippen LogP contribution is 2.32. The van der Waals surface area contributed by atoms with Crippen LogP contribution in [0.1, 0.15) is 18.1 Å². The van der Waals surface area contributed by atoms with Crippen LogP contribution in [0.5, 0.6) is 5.75 Å². The smallest absolute Gasteiger partial charge is 0.116 e. The first-order chi connectivity index (χ1) is 14.9. The Kier molecular flexibility index (Phi) is 4.33. The van der Waals surface area contributed by atoms with Crippen LogP contribution in [0.2, 0.25) is 0 Å². The first-order valence-corrected chi connectivity index (χ1v) is 10.5. The minimum atomic E-state index is -0.264. The normalized spacial score (nSPS) is 18.3. The quantitative estimate of drug-likeness (QED) is 0.562.